The molecule has 0 aliphatic carbocycles. The van der Waals surface area contributed by atoms with Crippen LogP contribution < -0.4 is 5.32 Å². The molecular formula is C17H24BNO6. The third-order valence-electron chi connectivity index (χ3n) is 4.44. The van der Waals surface area contributed by atoms with E-state index in [1.807, 2.05) is 27.7 Å². The Morgan fingerprint density at radius 3 is 2.32 bits per heavy atom. The normalized spacial score (nSPS) is 19.0. The lowest BCUT2D eigenvalue weighted by molar-refractivity contribution is -0.118. The van der Waals surface area contributed by atoms with Gasteiger partial charge in [-0.2, -0.15) is 0 Å². The van der Waals surface area contributed by atoms with Crippen LogP contribution in [-0.2, 0) is 18.8 Å². The van der Waals surface area contributed by atoms with Crippen LogP contribution in [0.25, 0.3) is 6.08 Å². The third-order valence-corrected chi connectivity index (χ3v) is 4.44. The monoisotopic (exact) mass is 349 g/mol. The zero-order valence-electron chi connectivity index (χ0n) is 15.5. The molecule has 1 aromatic rings. The summed E-state index contributed by atoms with van der Waals surface area (Å²) in [6.07, 6.45) is 1.70. The maximum absolute atomic E-state index is 11.5. The molecule has 1 fully saturated rings. The molecule has 0 aromatic carbocycles. The molecule has 8 heteroatoms. The summed E-state index contributed by atoms with van der Waals surface area (Å²) in [5.74, 6) is -0.187. The highest BCUT2D eigenvalue weighted by molar-refractivity contribution is 6.56. The lowest BCUT2D eigenvalue weighted by Crippen LogP contribution is -2.41. The number of rotatable bonds is 5. The molecule has 0 bridgehead atoms. The number of ether oxygens (including phenoxy) is 1. The molecule has 1 aliphatic heterocycles. The summed E-state index contributed by atoms with van der Waals surface area (Å²) < 4.78 is 22.2. The number of amides is 1. The number of furan rings is 1. The van der Waals surface area contributed by atoms with Crippen molar-refractivity contribution in [1.29, 1.82) is 0 Å². The standard InChI is InChI=1S/C17H24BNO6/c1-11(20)19-10-12(18-24-16(2,3)17(4,5)25-18)9-13-7-8-14(23-13)15(21)22-6/h7-9H,10H2,1-6H3,(H,19,20). The van der Waals surface area contributed by atoms with Gasteiger partial charge in [0, 0.05) is 13.5 Å². The average molecular weight is 349 g/mol. The van der Waals surface area contributed by atoms with E-state index in [4.69, 9.17) is 13.7 Å². The van der Waals surface area contributed by atoms with Gasteiger partial charge in [0.15, 0.2) is 0 Å². The van der Waals surface area contributed by atoms with Crippen LogP contribution in [0, 0.1) is 0 Å². The van der Waals surface area contributed by atoms with Crippen LogP contribution in [0.5, 0.6) is 0 Å². The number of nitrogens with one attached hydrogen (secondary N) is 1. The lowest BCUT2D eigenvalue weighted by atomic mass is 9.77. The van der Waals surface area contributed by atoms with Gasteiger partial charge in [-0.1, -0.05) is 0 Å². The lowest BCUT2D eigenvalue weighted by Gasteiger charge is -2.32. The van der Waals surface area contributed by atoms with E-state index in [0.717, 1.165) is 0 Å². The zero-order chi connectivity index (χ0) is 18.8. The number of hydrogen-bond donors (Lipinski definition) is 1. The van der Waals surface area contributed by atoms with E-state index in [9.17, 15) is 9.59 Å². The van der Waals surface area contributed by atoms with Crippen molar-refractivity contribution in [3.63, 3.8) is 0 Å². The van der Waals surface area contributed by atoms with Gasteiger partial charge in [0.05, 0.1) is 18.3 Å². The molecule has 0 spiro atoms. The van der Waals surface area contributed by atoms with Gasteiger partial charge in [-0.05, 0) is 51.4 Å². The maximum Gasteiger partial charge on any atom is 0.492 e. The van der Waals surface area contributed by atoms with Crippen molar-refractivity contribution in [3.05, 3.63) is 29.1 Å². The molecule has 1 N–H and O–H groups in total. The minimum absolute atomic E-state index is 0.0987. The minimum atomic E-state index is -0.636. The molecule has 1 amide bonds. The van der Waals surface area contributed by atoms with Gasteiger partial charge >= 0.3 is 13.1 Å². The summed E-state index contributed by atoms with van der Waals surface area (Å²) in [6.45, 7) is 9.47. The Labute approximate surface area is 147 Å². The second-order valence-electron chi connectivity index (χ2n) is 6.91. The second kappa shape index (κ2) is 7.05. The van der Waals surface area contributed by atoms with Crippen molar-refractivity contribution in [3.8, 4) is 0 Å². The largest absolute Gasteiger partial charge is 0.492 e. The Kier molecular flexibility index (Phi) is 5.44. The van der Waals surface area contributed by atoms with Gasteiger partial charge in [0.2, 0.25) is 11.7 Å². The quantitative estimate of drug-likeness (QED) is 0.648. The third kappa shape index (κ3) is 4.32. The molecule has 0 radical (unpaired) electrons. The predicted molar refractivity (Wildman–Crippen MR) is 92.8 cm³/mol. The van der Waals surface area contributed by atoms with Crippen LogP contribution in [0.2, 0.25) is 0 Å². The van der Waals surface area contributed by atoms with Crippen molar-refractivity contribution >= 4 is 25.1 Å². The average Bonchev–Trinajstić information content (AvgIpc) is 3.05. The second-order valence-corrected chi connectivity index (χ2v) is 6.91. The molecule has 1 aliphatic rings. The first-order chi connectivity index (χ1) is 11.6. The van der Waals surface area contributed by atoms with Gasteiger partial charge in [-0.25, -0.2) is 4.79 Å². The van der Waals surface area contributed by atoms with Crippen molar-refractivity contribution in [2.75, 3.05) is 13.7 Å². The molecule has 1 aromatic heterocycles. The van der Waals surface area contributed by atoms with Gasteiger partial charge < -0.3 is 23.8 Å². The predicted octanol–water partition coefficient (Wildman–Crippen LogP) is 2.22. The van der Waals surface area contributed by atoms with Gasteiger partial charge in [-0.3, -0.25) is 4.79 Å². The fraction of sp³-hybridized carbons (Fsp3) is 0.529. The summed E-state index contributed by atoms with van der Waals surface area (Å²) in [5.41, 5.74) is -0.333. The van der Waals surface area contributed by atoms with Crippen LogP contribution in [0.1, 0.15) is 50.9 Å². The number of esters is 1. The van der Waals surface area contributed by atoms with Crippen molar-refractivity contribution in [2.24, 2.45) is 0 Å². The van der Waals surface area contributed by atoms with Crippen LogP contribution in [0.4, 0.5) is 0 Å². The molecule has 2 heterocycles. The molecule has 7 nitrogen and oxygen atoms in total. The molecule has 0 saturated carbocycles. The first-order valence-corrected chi connectivity index (χ1v) is 8.04. The minimum Gasteiger partial charge on any atom is -0.463 e. The van der Waals surface area contributed by atoms with E-state index in [0.29, 0.717) is 11.2 Å². The van der Waals surface area contributed by atoms with E-state index in [2.05, 4.69) is 10.1 Å². The van der Waals surface area contributed by atoms with E-state index in [1.54, 1.807) is 12.1 Å². The molecule has 1 saturated heterocycles. The number of methoxy groups -OCH3 is 1. The van der Waals surface area contributed by atoms with Crippen molar-refractivity contribution in [2.45, 2.75) is 45.8 Å². The van der Waals surface area contributed by atoms with Crippen molar-refractivity contribution in [1.82, 2.24) is 5.32 Å². The fourth-order valence-electron chi connectivity index (χ4n) is 2.25. The molecule has 136 valence electrons. The van der Waals surface area contributed by atoms with Gasteiger partial charge in [0.1, 0.15) is 5.76 Å². The first-order valence-electron chi connectivity index (χ1n) is 8.04. The Balaban J connectivity index is 2.28. The fourth-order valence-corrected chi connectivity index (χ4v) is 2.25. The Morgan fingerprint density at radius 2 is 1.80 bits per heavy atom. The van der Waals surface area contributed by atoms with Crippen LogP contribution >= 0.6 is 0 Å². The van der Waals surface area contributed by atoms with Crippen molar-refractivity contribution < 1.29 is 28.1 Å². The van der Waals surface area contributed by atoms with E-state index in [-0.39, 0.29) is 18.2 Å². The van der Waals surface area contributed by atoms with Gasteiger partial charge in [-0.15, -0.1) is 0 Å². The molecule has 0 unspecified atom stereocenters. The highest BCUT2D eigenvalue weighted by Gasteiger charge is 2.52. The van der Waals surface area contributed by atoms with Crippen LogP contribution in [-0.4, -0.2) is 43.9 Å². The summed E-state index contributed by atoms with van der Waals surface area (Å²) in [5, 5.41) is 2.74. The van der Waals surface area contributed by atoms with Gasteiger partial charge in [0.25, 0.3) is 0 Å². The van der Waals surface area contributed by atoms with E-state index >= 15 is 0 Å². The highest BCUT2D eigenvalue weighted by Crippen LogP contribution is 2.38. The van der Waals surface area contributed by atoms with E-state index < -0.39 is 24.3 Å². The smallest absolute Gasteiger partial charge is 0.463 e. The number of hydrogen-bond acceptors (Lipinski definition) is 6. The molecule has 25 heavy (non-hydrogen) atoms. The first kappa shape index (κ1) is 19.3. The maximum atomic E-state index is 11.5. The van der Waals surface area contributed by atoms with E-state index in [1.165, 1.54) is 20.1 Å². The molecule has 2 rings (SSSR count). The summed E-state index contributed by atoms with van der Waals surface area (Å²) >= 11 is 0. The Hall–Kier alpha value is -2.06. The summed E-state index contributed by atoms with van der Waals surface area (Å²) in [6, 6.07) is 3.17. The Bertz CT molecular complexity index is 675. The number of carbonyl (C=O) groups excluding carboxylic acids is 2. The van der Waals surface area contributed by atoms with Crippen LogP contribution in [0.3, 0.4) is 0 Å². The summed E-state index contributed by atoms with van der Waals surface area (Å²) in [7, 11) is 0.649. The highest BCUT2D eigenvalue weighted by atomic mass is 16.7. The Morgan fingerprint density at radius 1 is 1.20 bits per heavy atom. The molecular weight excluding hydrogens is 325 g/mol. The summed E-state index contributed by atoms with van der Waals surface area (Å²) in [4.78, 5) is 22.8. The number of carbonyl (C=O) groups is 2. The zero-order valence-corrected chi connectivity index (χ0v) is 15.5. The SMILES string of the molecule is COC(=O)c1ccc(C=C(CNC(C)=O)B2OC(C)(C)C(C)(C)O2)o1. The van der Waals surface area contributed by atoms with Crippen LogP contribution in [0.15, 0.2) is 22.0 Å². The molecule has 0 atom stereocenters. The topological polar surface area (TPSA) is 87.0 Å².